The summed E-state index contributed by atoms with van der Waals surface area (Å²) in [5.74, 6) is 0. The van der Waals surface area contributed by atoms with Crippen molar-refractivity contribution in [3.63, 3.8) is 0 Å². The smallest absolute Gasteiger partial charge is 0.296 e. The van der Waals surface area contributed by atoms with E-state index >= 15 is 0 Å². The summed E-state index contributed by atoms with van der Waals surface area (Å²) in [5, 5.41) is 4.87. The number of alkyl halides is 3. The van der Waals surface area contributed by atoms with Gasteiger partial charge in [0.05, 0.1) is 16.6 Å². The first-order valence-corrected chi connectivity index (χ1v) is 8.26. The second kappa shape index (κ2) is 5.66. The highest BCUT2D eigenvalue weighted by Crippen LogP contribution is 2.30. The Labute approximate surface area is 152 Å². The van der Waals surface area contributed by atoms with E-state index in [0.717, 1.165) is 16.7 Å². The third-order valence-electron chi connectivity index (χ3n) is 4.10. The molecule has 0 aliphatic carbocycles. The fourth-order valence-electron chi connectivity index (χ4n) is 2.82. The van der Waals surface area contributed by atoms with Crippen molar-refractivity contribution >= 4 is 32.5 Å². The molecular weight excluding hydrogens is 413 g/mol. The van der Waals surface area contributed by atoms with Crippen molar-refractivity contribution in [2.75, 3.05) is 0 Å². The Morgan fingerprint density at radius 3 is 2.62 bits per heavy atom. The van der Waals surface area contributed by atoms with E-state index in [9.17, 15) is 18.0 Å². The van der Waals surface area contributed by atoms with Crippen LogP contribution in [-0.4, -0.2) is 19.2 Å². The van der Waals surface area contributed by atoms with E-state index in [2.05, 4.69) is 26.0 Å². The van der Waals surface area contributed by atoms with Crippen LogP contribution in [0.15, 0.2) is 51.9 Å². The van der Waals surface area contributed by atoms with E-state index < -0.39 is 11.9 Å². The maximum Gasteiger partial charge on any atom is 0.433 e. The van der Waals surface area contributed by atoms with Gasteiger partial charge in [-0.3, -0.25) is 14.3 Å². The standard InChI is InChI=1S/C17H10BrF3N4O/c1-24-15-8-12(9-4-5-22-14(6-9)17(19,20)21)23-25(15)13-3-2-10(18)7-11(13)16(24)26/h2-8H,1H3. The number of halogens is 4. The number of rotatable bonds is 1. The van der Waals surface area contributed by atoms with Crippen LogP contribution < -0.4 is 5.56 Å². The number of aromatic nitrogens is 4. The molecular formula is C17H10BrF3N4O. The third kappa shape index (κ3) is 2.59. The van der Waals surface area contributed by atoms with Crippen molar-refractivity contribution in [2.24, 2.45) is 7.05 Å². The van der Waals surface area contributed by atoms with Crippen LogP contribution >= 0.6 is 15.9 Å². The quantitative estimate of drug-likeness (QED) is 0.465. The zero-order valence-electron chi connectivity index (χ0n) is 13.3. The van der Waals surface area contributed by atoms with E-state index in [-0.39, 0.29) is 11.1 Å². The molecule has 3 aromatic heterocycles. The molecule has 0 N–H and O–H groups in total. The van der Waals surface area contributed by atoms with Gasteiger partial charge in [-0.2, -0.15) is 18.3 Å². The highest BCUT2D eigenvalue weighted by Gasteiger charge is 2.32. The zero-order valence-corrected chi connectivity index (χ0v) is 14.8. The highest BCUT2D eigenvalue weighted by molar-refractivity contribution is 9.10. The average molecular weight is 423 g/mol. The minimum absolute atomic E-state index is 0.217. The van der Waals surface area contributed by atoms with Gasteiger partial charge in [0.15, 0.2) is 0 Å². The van der Waals surface area contributed by atoms with Crippen molar-refractivity contribution in [3.05, 3.63) is 63.1 Å². The fourth-order valence-corrected chi connectivity index (χ4v) is 3.18. The summed E-state index contributed by atoms with van der Waals surface area (Å²) in [6.45, 7) is 0. The number of nitrogens with zero attached hydrogens (tertiary/aromatic N) is 4. The van der Waals surface area contributed by atoms with Gasteiger partial charge in [0.25, 0.3) is 5.56 Å². The van der Waals surface area contributed by atoms with Gasteiger partial charge < -0.3 is 0 Å². The minimum atomic E-state index is -4.54. The maximum atomic E-state index is 12.9. The largest absolute Gasteiger partial charge is 0.433 e. The summed E-state index contributed by atoms with van der Waals surface area (Å²) in [5.41, 5.74) is 0.436. The van der Waals surface area contributed by atoms with Crippen LogP contribution in [0.2, 0.25) is 0 Å². The monoisotopic (exact) mass is 422 g/mol. The number of pyridine rings is 1. The fraction of sp³-hybridized carbons (Fsp3) is 0.118. The number of aryl methyl sites for hydroxylation is 1. The molecule has 3 heterocycles. The lowest BCUT2D eigenvalue weighted by Gasteiger charge is -2.06. The van der Waals surface area contributed by atoms with E-state index in [4.69, 9.17) is 0 Å². The van der Waals surface area contributed by atoms with Gasteiger partial charge in [-0.15, -0.1) is 0 Å². The molecule has 4 aromatic rings. The van der Waals surface area contributed by atoms with Gasteiger partial charge >= 0.3 is 6.18 Å². The van der Waals surface area contributed by atoms with Crippen LogP contribution in [0.1, 0.15) is 5.69 Å². The Balaban J connectivity index is 2.01. The first-order valence-electron chi connectivity index (χ1n) is 7.47. The van der Waals surface area contributed by atoms with Gasteiger partial charge in [0.2, 0.25) is 0 Å². The molecule has 0 atom stereocenters. The van der Waals surface area contributed by atoms with Gasteiger partial charge in [-0.25, -0.2) is 4.52 Å². The molecule has 0 saturated carbocycles. The van der Waals surface area contributed by atoms with Crippen LogP contribution in [0.4, 0.5) is 13.2 Å². The van der Waals surface area contributed by atoms with Crippen molar-refractivity contribution in [1.82, 2.24) is 19.2 Å². The molecule has 26 heavy (non-hydrogen) atoms. The topological polar surface area (TPSA) is 52.2 Å². The average Bonchev–Trinajstić information content (AvgIpc) is 3.04. The first kappa shape index (κ1) is 16.8. The number of hydrogen-bond donors (Lipinski definition) is 0. The number of fused-ring (bicyclic) bond motifs is 3. The SMILES string of the molecule is Cn1c(=O)c2cc(Br)ccc2n2nc(-c3ccnc(C(F)(F)F)c3)cc12. The van der Waals surface area contributed by atoms with E-state index in [1.807, 2.05) is 0 Å². The normalized spacial score (nSPS) is 12.2. The predicted octanol–water partition coefficient (Wildman–Crippen LogP) is 4.03. The Bertz CT molecular complexity index is 1230. The molecule has 1 aromatic carbocycles. The molecule has 0 amide bonds. The second-order valence-corrected chi connectivity index (χ2v) is 6.67. The Morgan fingerprint density at radius 2 is 1.88 bits per heavy atom. The number of benzene rings is 1. The molecule has 9 heteroatoms. The van der Waals surface area contributed by atoms with Gasteiger partial charge in [-0.05, 0) is 30.3 Å². The van der Waals surface area contributed by atoms with Gasteiger partial charge in [0.1, 0.15) is 11.3 Å². The molecule has 0 fully saturated rings. The Kier molecular flexibility index (Phi) is 3.65. The summed E-state index contributed by atoms with van der Waals surface area (Å²) >= 11 is 3.33. The summed E-state index contributed by atoms with van der Waals surface area (Å²) in [6.07, 6.45) is -3.45. The zero-order chi connectivity index (χ0) is 18.6. The molecule has 0 saturated heterocycles. The first-order chi connectivity index (χ1) is 12.3. The maximum absolute atomic E-state index is 12.9. The molecule has 0 aliphatic rings. The molecule has 0 spiro atoms. The van der Waals surface area contributed by atoms with Gasteiger partial charge in [0, 0.05) is 29.3 Å². The minimum Gasteiger partial charge on any atom is -0.296 e. The lowest BCUT2D eigenvalue weighted by Crippen LogP contribution is -2.19. The molecule has 0 unspecified atom stereocenters. The molecule has 0 aliphatic heterocycles. The van der Waals surface area contributed by atoms with E-state index in [0.29, 0.717) is 22.2 Å². The molecule has 0 bridgehead atoms. The molecule has 5 nitrogen and oxygen atoms in total. The van der Waals surface area contributed by atoms with Crippen LogP contribution in [0.5, 0.6) is 0 Å². The second-order valence-electron chi connectivity index (χ2n) is 5.75. The Hall–Kier alpha value is -2.68. The lowest BCUT2D eigenvalue weighted by atomic mass is 10.1. The van der Waals surface area contributed by atoms with Crippen molar-refractivity contribution < 1.29 is 13.2 Å². The summed E-state index contributed by atoms with van der Waals surface area (Å²) in [7, 11) is 1.59. The van der Waals surface area contributed by atoms with Crippen molar-refractivity contribution in [2.45, 2.75) is 6.18 Å². The summed E-state index contributed by atoms with van der Waals surface area (Å²) in [4.78, 5) is 15.9. The van der Waals surface area contributed by atoms with Crippen LogP contribution in [-0.2, 0) is 13.2 Å². The van der Waals surface area contributed by atoms with Crippen LogP contribution in [0, 0.1) is 0 Å². The van der Waals surface area contributed by atoms with Crippen LogP contribution in [0.3, 0.4) is 0 Å². The van der Waals surface area contributed by atoms with E-state index in [1.165, 1.54) is 10.6 Å². The summed E-state index contributed by atoms with van der Waals surface area (Å²) in [6, 6.07) is 9.17. The van der Waals surface area contributed by atoms with Crippen molar-refractivity contribution in [3.8, 4) is 11.3 Å². The third-order valence-corrected chi connectivity index (χ3v) is 4.60. The highest BCUT2D eigenvalue weighted by atomic mass is 79.9. The molecule has 132 valence electrons. The van der Waals surface area contributed by atoms with Gasteiger partial charge in [-0.1, -0.05) is 15.9 Å². The summed E-state index contributed by atoms with van der Waals surface area (Å²) < 4.78 is 42.4. The van der Waals surface area contributed by atoms with Crippen LogP contribution in [0.25, 0.3) is 27.8 Å². The lowest BCUT2D eigenvalue weighted by molar-refractivity contribution is -0.141. The Morgan fingerprint density at radius 1 is 1.12 bits per heavy atom. The van der Waals surface area contributed by atoms with Crippen molar-refractivity contribution in [1.29, 1.82) is 0 Å². The molecule has 4 rings (SSSR count). The predicted molar refractivity (Wildman–Crippen MR) is 93.9 cm³/mol. The molecule has 0 radical (unpaired) electrons. The number of hydrogen-bond acceptors (Lipinski definition) is 3. The van der Waals surface area contributed by atoms with E-state index in [1.54, 1.807) is 35.8 Å².